The quantitative estimate of drug-likeness (QED) is 0.837. The molecule has 1 aliphatic rings. The van der Waals surface area contributed by atoms with Crippen molar-refractivity contribution in [1.82, 2.24) is 10.2 Å². The third-order valence-corrected chi connectivity index (χ3v) is 4.43. The molecule has 1 aromatic rings. The van der Waals surface area contributed by atoms with Crippen molar-refractivity contribution in [3.8, 4) is 11.5 Å². The monoisotopic (exact) mass is 320 g/mol. The first-order valence-corrected chi connectivity index (χ1v) is 8.35. The van der Waals surface area contributed by atoms with E-state index < -0.39 is 6.10 Å². The molecular weight excluding hydrogens is 292 g/mol. The van der Waals surface area contributed by atoms with Crippen molar-refractivity contribution < 1.29 is 14.3 Å². The average Bonchev–Trinajstić information content (AvgIpc) is 2.57. The maximum absolute atomic E-state index is 12.1. The Balaban J connectivity index is 1.68. The summed E-state index contributed by atoms with van der Waals surface area (Å²) in [6.45, 7) is 4.82. The van der Waals surface area contributed by atoms with E-state index in [9.17, 15) is 4.79 Å². The summed E-state index contributed by atoms with van der Waals surface area (Å²) >= 11 is 0. The van der Waals surface area contributed by atoms with Crippen molar-refractivity contribution in [2.45, 2.75) is 32.3 Å². The second-order valence-electron chi connectivity index (χ2n) is 6.26. The van der Waals surface area contributed by atoms with E-state index in [0.717, 1.165) is 37.7 Å². The first kappa shape index (κ1) is 17.6. The number of piperidine rings is 1. The summed E-state index contributed by atoms with van der Waals surface area (Å²) in [7, 11) is 3.78. The molecule has 1 saturated heterocycles. The zero-order valence-corrected chi connectivity index (χ0v) is 14.4. The second kappa shape index (κ2) is 8.77. The van der Waals surface area contributed by atoms with Gasteiger partial charge in [0.05, 0.1) is 7.11 Å². The molecule has 0 saturated carbocycles. The van der Waals surface area contributed by atoms with Crippen LogP contribution in [0.15, 0.2) is 24.3 Å². The molecular formula is C18H28N2O3. The third kappa shape index (κ3) is 5.75. The van der Waals surface area contributed by atoms with Gasteiger partial charge in [-0.05, 0) is 76.5 Å². The van der Waals surface area contributed by atoms with Crippen molar-refractivity contribution in [2.24, 2.45) is 5.92 Å². The van der Waals surface area contributed by atoms with Crippen LogP contribution in [-0.4, -0.2) is 50.7 Å². The van der Waals surface area contributed by atoms with Crippen molar-refractivity contribution in [2.75, 3.05) is 33.8 Å². The number of carbonyl (C=O) groups is 1. The minimum absolute atomic E-state index is 0.0613. The Morgan fingerprint density at radius 2 is 1.87 bits per heavy atom. The molecule has 128 valence electrons. The summed E-state index contributed by atoms with van der Waals surface area (Å²) in [6, 6.07) is 7.25. The number of rotatable bonds is 7. The number of ether oxygens (including phenoxy) is 2. The Morgan fingerprint density at radius 3 is 2.48 bits per heavy atom. The molecule has 1 fully saturated rings. The highest BCUT2D eigenvalue weighted by Gasteiger charge is 2.18. The summed E-state index contributed by atoms with van der Waals surface area (Å²) in [4.78, 5) is 14.5. The van der Waals surface area contributed by atoms with Gasteiger partial charge in [-0.3, -0.25) is 4.79 Å². The van der Waals surface area contributed by atoms with Gasteiger partial charge in [0.2, 0.25) is 0 Å². The summed E-state index contributed by atoms with van der Waals surface area (Å²) in [6.07, 6.45) is 3.00. The molecule has 5 nitrogen and oxygen atoms in total. The van der Waals surface area contributed by atoms with Crippen LogP contribution in [0.3, 0.4) is 0 Å². The average molecular weight is 320 g/mol. The molecule has 1 amide bonds. The lowest BCUT2D eigenvalue weighted by atomic mass is 9.94. The molecule has 1 aliphatic heterocycles. The maximum Gasteiger partial charge on any atom is 0.260 e. The van der Waals surface area contributed by atoms with E-state index in [1.54, 1.807) is 26.2 Å². The SMILES string of the molecule is COc1ccc(O[C@@H](C)C(=O)NCCC2CCN(C)CC2)cc1. The predicted molar refractivity (Wildman–Crippen MR) is 90.9 cm³/mol. The number of hydrogen-bond donors (Lipinski definition) is 1. The van der Waals surface area contributed by atoms with Crippen LogP contribution in [0.25, 0.3) is 0 Å². The number of nitrogens with zero attached hydrogens (tertiary/aromatic N) is 1. The van der Waals surface area contributed by atoms with Gasteiger partial charge in [-0.2, -0.15) is 0 Å². The number of nitrogens with one attached hydrogen (secondary N) is 1. The standard InChI is InChI=1S/C18H28N2O3/c1-14(23-17-6-4-16(22-3)5-7-17)18(21)19-11-8-15-9-12-20(2)13-10-15/h4-7,14-15H,8-13H2,1-3H3,(H,19,21)/t14-/m0/s1. The maximum atomic E-state index is 12.1. The van der Waals surface area contributed by atoms with Crippen LogP contribution in [0.2, 0.25) is 0 Å². The van der Waals surface area contributed by atoms with E-state index in [1.807, 2.05) is 12.1 Å². The smallest absolute Gasteiger partial charge is 0.260 e. The van der Waals surface area contributed by atoms with Crippen molar-refractivity contribution in [3.63, 3.8) is 0 Å². The fourth-order valence-electron chi connectivity index (χ4n) is 2.81. The second-order valence-corrected chi connectivity index (χ2v) is 6.26. The zero-order chi connectivity index (χ0) is 16.7. The number of benzene rings is 1. The molecule has 1 N–H and O–H groups in total. The number of likely N-dealkylation sites (tertiary alicyclic amines) is 1. The molecule has 0 unspecified atom stereocenters. The number of methoxy groups -OCH3 is 1. The lowest BCUT2D eigenvalue weighted by Crippen LogP contribution is -2.38. The predicted octanol–water partition coefficient (Wildman–Crippen LogP) is 2.31. The zero-order valence-electron chi connectivity index (χ0n) is 14.4. The van der Waals surface area contributed by atoms with Gasteiger partial charge < -0.3 is 19.7 Å². The summed E-state index contributed by atoms with van der Waals surface area (Å²) < 4.78 is 10.8. The van der Waals surface area contributed by atoms with Crippen molar-refractivity contribution >= 4 is 5.91 Å². The molecule has 5 heteroatoms. The molecule has 2 rings (SSSR count). The topological polar surface area (TPSA) is 50.8 Å². The number of carbonyl (C=O) groups excluding carboxylic acids is 1. The van der Waals surface area contributed by atoms with Gasteiger partial charge >= 0.3 is 0 Å². The highest BCUT2D eigenvalue weighted by Crippen LogP contribution is 2.19. The van der Waals surface area contributed by atoms with E-state index in [1.165, 1.54) is 12.8 Å². The fraction of sp³-hybridized carbons (Fsp3) is 0.611. The highest BCUT2D eigenvalue weighted by atomic mass is 16.5. The Morgan fingerprint density at radius 1 is 1.26 bits per heavy atom. The summed E-state index contributed by atoms with van der Waals surface area (Å²) in [5, 5.41) is 2.98. The van der Waals surface area contributed by atoms with E-state index in [4.69, 9.17) is 9.47 Å². The van der Waals surface area contributed by atoms with Gasteiger partial charge in [0.15, 0.2) is 6.10 Å². The minimum atomic E-state index is -0.499. The largest absolute Gasteiger partial charge is 0.497 e. The number of amides is 1. The summed E-state index contributed by atoms with van der Waals surface area (Å²) in [5.41, 5.74) is 0. The van der Waals surface area contributed by atoms with Crippen LogP contribution < -0.4 is 14.8 Å². The van der Waals surface area contributed by atoms with Gasteiger partial charge in [0, 0.05) is 6.54 Å². The lowest BCUT2D eigenvalue weighted by molar-refractivity contribution is -0.127. The van der Waals surface area contributed by atoms with Crippen molar-refractivity contribution in [3.05, 3.63) is 24.3 Å². The van der Waals surface area contributed by atoms with E-state index in [2.05, 4.69) is 17.3 Å². The highest BCUT2D eigenvalue weighted by molar-refractivity contribution is 5.80. The molecule has 1 heterocycles. The molecule has 23 heavy (non-hydrogen) atoms. The molecule has 0 aliphatic carbocycles. The third-order valence-electron chi connectivity index (χ3n) is 4.43. The van der Waals surface area contributed by atoms with Crippen LogP contribution >= 0.6 is 0 Å². The first-order valence-electron chi connectivity index (χ1n) is 8.35. The Kier molecular flexibility index (Phi) is 6.71. The molecule has 1 atom stereocenters. The minimum Gasteiger partial charge on any atom is -0.497 e. The lowest BCUT2D eigenvalue weighted by Gasteiger charge is -2.29. The normalized spacial score (nSPS) is 17.5. The van der Waals surface area contributed by atoms with Crippen LogP contribution in [0.4, 0.5) is 0 Å². The van der Waals surface area contributed by atoms with Gasteiger partial charge in [0.1, 0.15) is 11.5 Å². The summed E-state index contributed by atoms with van der Waals surface area (Å²) in [5.74, 6) is 2.11. The Hall–Kier alpha value is -1.75. The molecule has 0 aromatic heterocycles. The molecule has 0 spiro atoms. The molecule has 1 aromatic carbocycles. The van der Waals surface area contributed by atoms with E-state index >= 15 is 0 Å². The van der Waals surface area contributed by atoms with Crippen molar-refractivity contribution in [1.29, 1.82) is 0 Å². The Labute approximate surface area is 139 Å². The van der Waals surface area contributed by atoms with E-state index in [0.29, 0.717) is 5.75 Å². The Bertz CT molecular complexity index is 482. The van der Waals surface area contributed by atoms with Crippen LogP contribution in [0.1, 0.15) is 26.2 Å². The van der Waals surface area contributed by atoms with E-state index in [-0.39, 0.29) is 5.91 Å². The van der Waals surface area contributed by atoms with Crippen LogP contribution in [0.5, 0.6) is 11.5 Å². The van der Waals surface area contributed by atoms with Gasteiger partial charge in [-0.15, -0.1) is 0 Å². The van der Waals surface area contributed by atoms with Crippen LogP contribution in [-0.2, 0) is 4.79 Å². The van der Waals surface area contributed by atoms with Gasteiger partial charge in [0.25, 0.3) is 5.91 Å². The van der Waals surface area contributed by atoms with Gasteiger partial charge in [-0.25, -0.2) is 0 Å². The van der Waals surface area contributed by atoms with Crippen LogP contribution in [0, 0.1) is 5.92 Å². The fourth-order valence-corrected chi connectivity index (χ4v) is 2.81. The molecule has 0 bridgehead atoms. The van der Waals surface area contributed by atoms with Gasteiger partial charge in [-0.1, -0.05) is 0 Å². The first-order chi connectivity index (χ1) is 11.1. The number of hydrogen-bond acceptors (Lipinski definition) is 4. The molecule has 0 radical (unpaired) electrons.